The molecule has 0 aliphatic carbocycles. The van der Waals surface area contributed by atoms with Gasteiger partial charge in [-0.25, -0.2) is 9.97 Å². The molecule has 0 fully saturated rings. The van der Waals surface area contributed by atoms with Crippen LogP contribution in [0, 0.1) is 6.92 Å². The van der Waals surface area contributed by atoms with Crippen LogP contribution < -0.4 is 0 Å². The van der Waals surface area contributed by atoms with E-state index in [1.165, 1.54) is 0 Å². The molecule has 0 aliphatic heterocycles. The molecule has 1 aromatic heterocycles. The van der Waals surface area contributed by atoms with Gasteiger partial charge in [-0.2, -0.15) is 0 Å². The molecule has 100 valence electrons. The Morgan fingerprint density at radius 2 is 1.70 bits per heavy atom. The van der Waals surface area contributed by atoms with Gasteiger partial charge in [0.25, 0.3) is 0 Å². The zero-order valence-electron chi connectivity index (χ0n) is 10.5. The van der Waals surface area contributed by atoms with Crippen LogP contribution in [0.5, 0.6) is 0 Å². The summed E-state index contributed by atoms with van der Waals surface area (Å²) in [6.07, 6.45) is 0. The predicted octanol–water partition coefficient (Wildman–Crippen LogP) is 5.57. The Hall–Kier alpha value is -1.35. The first-order chi connectivity index (χ1) is 9.54. The largest absolute Gasteiger partial charge is 0.228 e. The van der Waals surface area contributed by atoms with E-state index in [0.29, 0.717) is 21.0 Å². The summed E-state index contributed by atoms with van der Waals surface area (Å²) in [4.78, 5) is 8.81. The van der Waals surface area contributed by atoms with E-state index in [2.05, 4.69) is 9.97 Å². The van der Waals surface area contributed by atoms with Crippen LogP contribution in [0.2, 0.25) is 15.2 Å². The van der Waals surface area contributed by atoms with Crippen molar-refractivity contribution in [2.45, 2.75) is 6.92 Å². The fourth-order valence-corrected chi connectivity index (χ4v) is 2.71. The summed E-state index contributed by atoms with van der Waals surface area (Å²) >= 11 is 18.4. The summed E-state index contributed by atoms with van der Waals surface area (Å²) in [5, 5.41) is 2.30. The van der Waals surface area contributed by atoms with Crippen molar-refractivity contribution in [1.82, 2.24) is 9.97 Å². The number of benzene rings is 2. The van der Waals surface area contributed by atoms with Gasteiger partial charge in [-0.05, 0) is 42.8 Å². The fraction of sp³-hybridized carbons (Fsp3) is 0.0667. The average molecular weight is 324 g/mol. The molecule has 20 heavy (non-hydrogen) atoms. The van der Waals surface area contributed by atoms with E-state index in [1.807, 2.05) is 31.2 Å². The number of aromatic nitrogens is 2. The molecule has 0 atom stereocenters. The third-order valence-corrected chi connectivity index (χ3v) is 3.81. The predicted molar refractivity (Wildman–Crippen MR) is 84.7 cm³/mol. The van der Waals surface area contributed by atoms with E-state index in [0.717, 1.165) is 22.0 Å². The second-order valence-electron chi connectivity index (χ2n) is 4.48. The third-order valence-electron chi connectivity index (χ3n) is 2.98. The number of aryl methyl sites for hydroxylation is 1. The maximum absolute atomic E-state index is 6.25. The van der Waals surface area contributed by atoms with Crippen molar-refractivity contribution in [3.8, 4) is 11.4 Å². The highest BCUT2D eigenvalue weighted by molar-refractivity contribution is 6.36. The molecule has 3 aromatic rings. The fourth-order valence-electron chi connectivity index (χ4n) is 1.99. The summed E-state index contributed by atoms with van der Waals surface area (Å²) in [5.41, 5.74) is 2.58. The maximum Gasteiger partial charge on any atom is 0.162 e. The van der Waals surface area contributed by atoms with Crippen molar-refractivity contribution in [3.05, 3.63) is 57.2 Å². The molecule has 0 unspecified atom stereocenters. The first kappa shape index (κ1) is 13.6. The Balaban J connectivity index is 2.24. The summed E-state index contributed by atoms with van der Waals surface area (Å²) in [7, 11) is 0. The van der Waals surface area contributed by atoms with E-state index in [-0.39, 0.29) is 0 Å². The zero-order chi connectivity index (χ0) is 14.3. The van der Waals surface area contributed by atoms with Crippen molar-refractivity contribution in [2.75, 3.05) is 0 Å². The minimum Gasteiger partial charge on any atom is -0.228 e. The first-order valence-electron chi connectivity index (χ1n) is 5.94. The lowest BCUT2D eigenvalue weighted by molar-refractivity contribution is 1.22. The molecule has 0 saturated carbocycles. The molecule has 0 aliphatic rings. The molecule has 0 bridgehead atoms. The van der Waals surface area contributed by atoms with E-state index >= 15 is 0 Å². The number of hydrogen-bond acceptors (Lipinski definition) is 2. The van der Waals surface area contributed by atoms with Gasteiger partial charge < -0.3 is 0 Å². The van der Waals surface area contributed by atoms with Crippen molar-refractivity contribution >= 4 is 45.7 Å². The van der Waals surface area contributed by atoms with Crippen LogP contribution >= 0.6 is 34.8 Å². The number of nitrogens with zero attached hydrogens (tertiary/aromatic N) is 2. The van der Waals surface area contributed by atoms with Crippen LogP contribution in [0.1, 0.15) is 5.56 Å². The van der Waals surface area contributed by atoms with Gasteiger partial charge in [-0.15, -0.1) is 0 Å². The number of rotatable bonds is 1. The monoisotopic (exact) mass is 322 g/mol. The van der Waals surface area contributed by atoms with Gasteiger partial charge in [0.15, 0.2) is 5.82 Å². The molecule has 0 N–H and O–H groups in total. The molecule has 5 heteroatoms. The van der Waals surface area contributed by atoms with E-state index < -0.39 is 0 Å². The van der Waals surface area contributed by atoms with Crippen LogP contribution in [-0.2, 0) is 0 Å². The number of hydrogen-bond donors (Lipinski definition) is 0. The Morgan fingerprint density at radius 3 is 2.45 bits per heavy atom. The van der Waals surface area contributed by atoms with Gasteiger partial charge in [0.2, 0.25) is 0 Å². The topological polar surface area (TPSA) is 25.8 Å². The summed E-state index contributed by atoms with van der Waals surface area (Å²) in [6, 6.07) is 11.1. The van der Waals surface area contributed by atoms with Crippen LogP contribution in [0.3, 0.4) is 0 Å². The SMILES string of the molecule is Cc1ccc(-c2nc(Cl)c3cc(Cl)ccc3n2)c(Cl)c1. The van der Waals surface area contributed by atoms with Gasteiger partial charge in [-0.1, -0.05) is 40.9 Å². The molecule has 0 spiro atoms. The Kier molecular flexibility index (Phi) is 3.55. The van der Waals surface area contributed by atoms with Gasteiger partial charge in [0.1, 0.15) is 5.15 Å². The van der Waals surface area contributed by atoms with Gasteiger partial charge in [0, 0.05) is 16.0 Å². The van der Waals surface area contributed by atoms with Crippen LogP contribution in [0.25, 0.3) is 22.3 Å². The Morgan fingerprint density at radius 1 is 0.900 bits per heavy atom. The van der Waals surface area contributed by atoms with Crippen molar-refractivity contribution in [1.29, 1.82) is 0 Å². The molecule has 2 nitrogen and oxygen atoms in total. The summed E-state index contributed by atoms with van der Waals surface area (Å²) in [5.74, 6) is 0.509. The van der Waals surface area contributed by atoms with E-state index in [1.54, 1.807) is 12.1 Å². The van der Waals surface area contributed by atoms with Crippen LogP contribution in [-0.4, -0.2) is 9.97 Å². The Labute approximate surface area is 131 Å². The second kappa shape index (κ2) is 5.21. The molecule has 2 aromatic carbocycles. The zero-order valence-corrected chi connectivity index (χ0v) is 12.8. The highest BCUT2D eigenvalue weighted by Crippen LogP contribution is 2.30. The minimum atomic E-state index is 0.365. The van der Waals surface area contributed by atoms with Crippen molar-refractivity contribution in [2.24, 2.45) is 0 Å². The van der Waals surface area contributed by atoms with Gasteiger partial charge in [-0.3, -0.25) is 0 Å². The van der Waals surface area contributed by atoms with Crippen LogP contribution in [0.4, 0.5) is 0 Å². The standard InChI is InChI=1S/C15H9Cl3N2/c1-8-2-4-10(12(17)6-8)15-19-13-5-3-9(16)7-11(13)14(18)20-15/h2-7H,1H3. The molecular formula is C15H9Cl3N2. The lowest BCUT2D eigenvalue weighted by atomic mass is 10.1. The van der Waals surface area contributed by atoms with Crippen molar-refractivity contribution in [3.63, 3.8) is 0 Å². The lowest BCUT2D eigenvalue weighted by Gasteiger charge is -2.07. The normalized spacial score (nSPS) is 11.0. The van der Waals surface area contributed by atoms with Crippen molar-refractivity contribution < 1.29 is 0 Å². The molecular weight excluding hydrogens is 315 g/mol. The van der Waals surface area contributed by atoms with Crippen LogP contribution in [0.15, 0.2) is 36.4 Å². The molecule has 1 heterocycles. The molecule has 0 amide bonds. The second-order valence-corrected chi connectivity index (χ2v) is 5.68. The quantitative estimate of drug-likeness (QED) is 0.547. The highest BCUT2D eigenvalue weighted by atomic mass is 35.5. The lowest BCUT2D eigenvalue weighted by Crippen LogP contribution is -1.93. The van der Waals surface area contributed by atoms with Gasteiger partial charge >= 0.3 is 0 Å². The number of fused-ring (bicyclic) bond motifs is 1. The Bertz CT molecular complexity index is 816. The first-order valence-corrected chi connectivity index (χ1v) is 7.07. The molecule has 0 saturated heterocycles. The average Bonchev–Trinajstić information content (AvgIpc) is 2.39. The number of halogens is 3. The smallest absolute Gasteiger partial charge is 0.162 e. The van der Waals surface area contributed by atoms with E-state index in [9.17, 15) is 0 Å². The van der Waals surface area contributed by atoms with Gasteiger partial charge in [0.05, 0.1) is 10.5 Å². The minimum absolute atomic E-state index is 0.365. The molecule has 0 radical (unpaired) electrons. The maximum atomic E-state index is 6.25. The highest BCUT2D eigenvalue weighted by Gasteiger charge is 2.11. The molecule has 3 rings (SSSR count). The summed E-state index contributed by atoms with van der Waals surface area (Å²) < 4.78 is 0. The summed E-state index contributed by atoms with van der Waals surface area (Å²) in [6.45, 7) is 1.98. The third kappa shape index (κ3) is 2.47. The van der Waals surface area contributed by atoms with E-state index in [4.69, 9.17) is 34.8 Å².